The third kappa shape index (κ3) is 4.48. The van der Waals surface area contributed by atoms with E-state index in [1.54, 1.807) is 0 Å². The van der Waals surface area contributed by atoms with Crippen molar-refractivity contribution >= 4 is 5.82 Å². The lowest BCUT2D eigenvalue weighted by atomic mass is 9.82. The fourth-order valence-corrected chi connectivity index (χ4v) is 2.59. The normalized spacial score (nSPS) is 22.3. The number of aliphatic hydroxyl groups excluding tert-OH is 1. The van der Waals surface area contributed by atoms with Gasteiger partial charge >= 0.3 is 0 Å². The Kier molecular flexibility index (Phi) is 5.16. The van der Waals surface area contributed by atoms with E-state index in [-0.39, 0.29) is 6.10 Å². The molecule has 0 aromatic carbocycles. The molecule has 0 bridgehead atoms. The first-order chi connectivity index (χ1) is 9.17. The standard InChI is InChI=1S/C15H25N3O/c1-3-5-16-15-9-12(4-6-17-15)10-18(2)11-13-7-14(19)8-13/h4,6,9,13-14,19H,3,5,7-8,10-11H2,1-2H3,(H,16,17). The number of nitrogens with one attached hydrogen (secondary N) is 1. The van der Waals surface area contributed by atoms with E-state index in [4.69, 9.17) is 0 Å². The molecule has 19 heavy (non-hydrogen) atoms. The number of aliphatic hydroxyl groups is 1. The number of anilines is 1. The minimum Gasteiger partial charge on any atom is -0.393 e. The highest BCUT2D eigenvalue weighted by molar-refractivity contribution is 5.37. The molecule has 1 aromatic heterocycles. The predicted molar refractivity (Wildman–Crippen MR) is 78.1 cm³/mol. The van der Waals surface area contributed by atoms with Crippen LogP contribution < -0.4 is 5.32 Å². The maximum atomic E-state index is 9.30. The summed E-state index contributed by atoms with van der Waals surface area (Å²) in [4.78, 5) is 6.65. The van der Waals surface area contributed by atoms with Crippen LogP contribution in [-0.4, -0.2) is 41.2 Å². The number of nitrogens with zero attached hydrogens (tertiary/aromatic N) is 2. The molecule has 106 valence electrons. The van der Waals surface area contributed by atoms with Gasteiger partial charge in [-0.2, -0.15) is 0 Å². The van der Waals surface area contributed by atoms with Crippen LogP contribution in [0.2, 0.25) is 0 Å². The van der Waals surface area contributed by atoms with Gasteiger partial charge in [-0.15, -0.1) is 0 Å². The molecule has 0 saturated heterocycles. The van der Waals surface area contributed by atoms with Crippen molar-refractivity contribution in [1.82, 2.24) is 9.88 Å². The zero-order chi connectivity index (χ0) is 13.7. The second-order valence-corrected chi connectivity index (χ2v) is 5.66. The Morgan fingerprint density at radius 2 is 2.26 bits per heavy atom. The lowest BCUT2D eigenvalue weighted by Crippen LogP contribution is -2.36. The number of hydrogen-bond acceptors (Lipinski definition) is 4. The smallest absolute Gasteiger partial charge is 0.126 e. The van der Waals surface area contributed by atoms with Gasteiger partial charge in [0.2, 0.25) is 0 Å². The number of rotatable bonds is 7. The third-order valence-corrected chi connectivity index (χ3v) is 3.61. The molecule has 1 aliphatic rings. The van der Waals surface area contributed by atoms with Crippen molar-refractivity contribution in [3.05, 3.63) is 23.9 Å². The lowest BCUT2D eigenvalue weighted by molar-refractivity contribution is 0.0274. The summed E-state index contributed by atoms with van der Waals surface area (Å²) in [5.41, 5.74) is 1.29. The Labute approximate surface area is 115 Å². The Bertz CT molecular complexity index is 391. The van der Waals surface area contributed by atoms with Crippen molar-refractivity contribution in [2.45, 2.75) is 38.8 Å². The van der Waals surface area contributed by atoms with Crippen LogP contribution in [0.4, 0.5) is 5.82 Å². The van der Waals surface area contributed by atoms with Crippen LogP contribution >= 0.6 is 0 Å². The van der Waals surface area contributed by atoms with Gasteiger partial charge in [0.05, 0.1) is 6.10 Å². The Balaban J connectivity index is 1.80. The fraction of sp³-hybridized carbons (Fsp3) is 0.667. The van der Waals surface area contributed by atoms with E-state index >= 15 is 0 Å². The van der Waals surface area contributed by atoms with Gasteiger partial charge in [0.1, 0.15) is 5.82 Å². The highest BCUT2D eigenvalue weighted by atomic mass is 16.3. The van der Waals surface area contributed by atoms with Crippen LogP contribution in [0.15, 0.2) is 18.3 Å². The molecule has 0 unspecified atom stereocenters. The van der Waals surface area contributed by atoms with Crippen molar-refractivity contribution in [2.24, 2.45) is 5.92 Å². The average Bonchev–Trinajstić information content (AvgIpc) is 2.35. The van der Waals surface area contributed by atoms with Gasteiger partial charge in [-0.05, 0) is 49.9 Å². The second kappa shape index (κ2) is 6.87. The largest absolute Gasteiger partial charge is 0.393 e. The summed E-state index contributed by atoms with van der Waals surface area (Å²) in [6.07, 6.45) is 4.85. The third-order valence-electron chi connectivity index (χ3n) is 3.61. The minimum atomic E-state index is -0.0517. The first-order valence-corrected chi connectivity index (χ1v) is 7.22. The highest BCUT2D eigenvalue weighted by Crippen LogP contribution is 2.27. The summed E-state index contributed by atoms with van der Waals surface area (Å²) in [6, 6.07) is 4.20. The average molecular weight is 263 g/mol. The zero-order valence-electron chi connectivity index (χ0n) is 12.0. The summed E-state index contributed by atoms with van der Waals surface area (Å²) in [5.74, 6) is 1.63. The van der Waals surface area contributed by atoms with Gasteiger partial charge in [-0.1, -0.05) is 6.92 Å². The van der Waals surface area contributed by atoms with Crippen LogP contribution in [0.25, 0.3) is 0 Å². The zero-order valence-corrected chi connectivity index (χ0v) is 12.0. The molecule has 0 spiro atoms. The van der Waals surface area contributed by atoms with E-state index < -0.39 is 0 Å². The lowest BCUT2D eigenvalue weighted by Gasteiger charge is -2.34. The molecule has 0 aliphatic heterocycles. The molecule has 2 N–H and O–H groups in total. The molecule has 1 fully saturated rings. The maximum Gasteiger partial charge on any atom is 0.126 e. The van der Waals surface area contributed by atoms with Crippen LogP contribution in [-0.2, 0) is 6.54 Å². The Morgan fingerprint density at radius 3 is 2.95 bits per heavy atom. The first-order valence-electron chi connectivity index (χ1n) is 7.22. The molecule has 1 aliphatic carbocycles. The van der Waals surface area contributed by atoms with Crippen LogP contribution in [0.3, 0.4) is 0 Å². The van der Waals surface area contributed by atoms with E-state index in [0.29, 0.717) is 5.92 Å². The summed E-state index contributed by atoms with van der Waals surface area (Å²) in [7, 11) is 2.14. The molecule has 4 heteroatoms. The summed E-state index contributed by atoms with van der Waals surface area (Å²) in [5, 5.41) is 12.6. The molecule has 4 nitrogen and oxygen atoms in total. The molecule has 0 atom stereocenters. The highest BCUT2D eigenvalue weighted by Gasteiger charge is 2.27. The van der Waals surface area contributed by atoms with Crippen LogP contribution in [0, 0.1) is 5.92 Å². The van der Waals surface area contributed by atoms with Gasteiger partial charge in [-0.3, -0.25) is 0 Å². The molecule has 2 rings (SSSR count). The maximum absolute atomic E-state index is 9.30. The molecule has 0 radical (unpaired) electrons. The molecular weight excluding hydrogens is 238 g/mol. The van der Waals surface area contributed by atoms with E-state index in [1.807, 2.05) is 6.20 Å². The molecule has 0 amide bonds. The van der Waals surface area contributed by atoms with Crippen LogP contribution in [0.5, 0.6) is 0 Å². The topological polar surface area (TPSA) is 48.4 Å². The van der Waals surface area contributed by atoms with Crippen LogP contribution in [0.1, 0.15) is 31.7 Å². The quantitative estimate of drug-likeness (QED) is 0.791. The van der Waals surface area contributed by atoms with E-state index in [2.05, 4.69) is 41.3 Å². The van der Waals surface area contributed by atoms with Gasteiger partial charge in [0.15, 0.2) is 0 Å². The van der Waals surface area contributed by atoms with Crippen molar-refractivity contribution < 1.29 is 5.11 Å². The fourth-order valence-electron chi connectivity index (χ4n) is 2.59. The second-order valence-electron chi connectivity index (χ2n) is 5.66. The van der Waals surface area contributed by atoms with E-state index in [9.17, 15) is 5.11 Å². The van der Waals surface area contributed by atoms with Gasteiger partial charge in [0, 0.05) is 25.8 Å². The summed E-state index contributed by atoms with van der Waals surface area (Å²) < 4.78 is 0. The first kappa shape index (κ1) is 14.3. The van der Waals surface area contributed by atoms with Crippen molar-refractivity contribution in [1.29, 1.82) is 0 Å². The van der Waals surface area contributed by atoms with Crippen molar-refractivity contribution in [3.63, 3.8) is 0 Å². The number of aromatic nitrogens is 1. The summed E-state index contributed by atoms with van der Waals surface area (Å²) >= 11 is 0. The minimum absolute atomic E-state index is 0.0517. The molecular formula is C15H25N3O. The molecule has 1 heterocycles. The monoisotopic (exact) mass is 263 g/mol. The SMILES string of the molecule is CCCNc1cc(CN(C)CC2CC(O)C2)ccn1. The number of pyridine rings is 1. The predicted octanol–water partition coefficient (Wildman–Crippen LogP) is 2.11. The molecule has 1 saturated carbocycles. The Hall–Kier alpha value is -1.13. The van der Waals surface area contributed by atoms with Crippen molar-refractivity contribution in [3.8, 4) is 0 Å². The van der Waals surface area contributed by atoms with Gasteiger partial charge in [-0.25, -0.2) is 4.98 Å². The van der Waals surface area contributed by atoms with Crippen molar-refractivity contribution in [2.75, 3.05) is 25.5 Å². The van der Waals surface area contributed by atoms with E-state index in [1.165, 1.54) is 5.56 Å². The molecule has 1 aromatic rings. The Morgan fingerprint density at radius 1 is 1.47 bits per heavy atom. The number of hydrogen-bond donors (Lipinski definition) is 2. The van der Waals surface area contributed by atoms with E-state index in [0.717, 1.165) is 44.7 Å². The van der Waals surface area contributed by atoms with Gasteiger partial charge < -0.3 is 15.3 Å². The van der Waals surface area contributed by atoms with Gasteiger partial charge in [0.25, 0.3) is 0 Å². The summed E-state index contributed by atoms with van der Waals surface area (Å²) in [6.45, 7) is 5.12.